The van der Waals surface area contributed by atoms with Crippen molar-refractivity contribution in [3.05, 3.63) is 33.8 Å². The average molecular weight is 347 g/mol. The molecule has 0 bridgehead atoms. The summed E-state index contributed by atoms with van der Waals surface area (Å²) >= 11 is 3.12. The van der Waals surface area contributed by atoms with Gasteiger partial charge >= 0.3 is 0 Å². The molecule has 3 nitrogen and oxygen atoms in total. The Morgan fingerprint density at radius 1 is 1.30 bits per heavy atom. The predicted molar refractivity (Wildman–Crippen MR) is 76.7 cm³/mol. The number of hydrogen-bond acceptors (Lipinski definition) is 2. The highest BCUT2D eigenvalue weighted by Crippen LogP contribution is 2.23. The summed E-state index contributed by atoms with van der Waals surface area (Å²) in [4.78, 5) is 14.1. The van der Waals surface area contributed by atoms with Crippen molar-refractivity contribution in [3.63, 3.8) is 0 Å². The van der Waals surface area contributed by atoms with Crippen LogP contribution in [0.1, 0.15) is 29.6 Å². The lowest BCUT2D eigenvalue weighted by Gasteiger charge is -2.27. The molecular formula is C14H17BrF2N2O. The first kappa shape index (κ1) is 15.4. The summed E-state index contributed by atoms with van der Waals surface area (Å²) in [7, 11) is 1.71. The van der Waals surface area contributed by atoms with Gasteiger partial charge in [-0.3, -0.25) is 4.79 Å². The Labute approximate surface area is 125 Å². The van der Waals surface area contributed by atoms with Crippen LogP contribution in [0.5, 0.6) is 0 Å². The van der Waals surface area contributed by atoms with Crippen LogP contribution in [-0.2, 0) is 0 Å². The number of halogens is 3. The van der Waals surface area contributed by atoms with Crippen molar-refractivity contribution >= 4 is 21.8 Å². The van der Waals surface area contributed by atoms with Crippen LogP contribution in [0.15, 0.2) is 16.6 Å². The number of carbonyl (C=O) groups is 1. The van der Waals surface area contributed by atoms with E-state index in [4.69, 9.17) is 0 Å². The second kappa shape index (κ2) is 6.63. The van der Waals surface area contributed by atoms with Gasteiger partial charge in [0.05, 0.1) is 5.56 Å². The highest BCUT2D eigenvalue weighted by Gasteiger charge is 2.24. The Morgan fingerprint density at radius 3 is 2.75 bits per heavy atom. The summed E-state index contributed by atoms with van der Waals surface area (Å²) in [5.74, 6) is -2.26. The molecule has 20 heavy (non-hydrogen) atoms. The van der Waals surface area contributed by atoms with Crippen molar-refractivity contribution in [2.24, 2.45) is 0 Å². The first-order valence-electron chi connectivity index (χ1n) is 6.63. The maximum atomic E-state index is 13.3. The molecule has 1 aliphatic rings. The van der Waals surface area contributed by atoms with E-state index in [2.05, 4.69) is 21.2 Å². The standard InChI is InChI=1S/C14H17BrF2N2O/c1-19(9-3-2-5-18-6-4-9)14(20)10-7-12(16)13(17)8-11(10)15/h7-9,18H,2-6H2,1H3. The van der Waals surface area contributed by atoms with E-state index in [1.165, 1.54) is 0 Å². The molecule has 2 rings (SSSR count). The third-order valence-electron chi connectivity index (χ3n) is 3.65. The molecule has 1 heterocycles. The van der Waals surface area contributed by atoms with Gasteiger partial charge < -0.3 is 10.2 Å². The average Bonchev–Trinajstić information content (AvgIpc) is 2.70. The third-order valence-corrected chi connectivity index (χ3v) is 4.31. The van der Waals surface area contributed by atoms with Crippen molar-refractivity contribution in [3.8, 4) is 0 Å². The maximum Gasteiger partial charge on any atom is 0.255 e. The van der Waals surface area contributed by atoms with E-state index >= 15 is 0 Å². The number of amides is 1. The minimum Gasteiger partial charge on any atom is -0.339 e. The smallest absolute Gasteiger partial charge is 0.255 e. The molecule has 1 amide bonds. The van der Waals surface area contributed by atoms with Gasteiger partial charge in [-0.2, -0.15) is 0 Å². The van der Waals surface area contributed by atoms with Crippen molar-refractivity contribution in [2.45, 2.75) is 25.3 Å². The minimum atomic E-state index is -1.01. The molecule has 0 saturated carbocycles. The van der Waals surface area contributed by atoms with Gasteiger partial charge in [-0.1, -0.05) is 0 Å². The normalized spacial score (nSPS) is 19.5. The lowest BCUT2D eigenvalue weighted by atomic mass is 10.1. The van der Waals surface area contributed by atoms with Crippen LogP contribution in [0.2, 0.25) is 0 Å². The molecule has 110 valence electrons. The zero-order chi connectivity index (χ0) is 14.7. The summed E-state index contributed by atoms with van der Waals surface area (Å²) in [5, 5.41) is 3.28. The predicted octanol–water partition coefficient (Wildman–Crippen LogP) is 2.94. The van der Waals surface area contributed by atoms with Gasteiger partial charge in [0.25, 0.3) is 5.91 Å². The van der Waals surface area contributed by atoms with Crippen LogP contribution in [0.25, 0.3) is 0 Å². The molecule has 1 N–H and O–H groups in total. The largest absolute Gasteiger partial charge is 0.339 e. The Morgan fingerprint density at radius 2 is 2.00 bits per heavy atom. The summed E-state index contributed by atoms with van der Waals surface area (Å²) in [6.45, 7) is 1.81. The number of hydrogen-bond donors (Lipinski definition) is 1. The first-order valence-corrected chi connectivity index (χ1v) is 7.42. The van der Waals surface area contributed by atoms with Crippen molar-refractivity contribution in [1.29, 1.82) is 0 Å². The second-order valence-corrected chi connectivity index (χ2v) is 5.85. The lowest BCUT2D eigenvalue weighted by molar-refractivity contribution is 0.0719. The zero-order valence-corrected chi connectivity index (χ0v) is 12.8. The van der Waals surface area contributed by atoms with Crippen LogP contribution >= 0.6 is 15.9 Å². The van der Waals surface area contributed by atoms with Crippen LogP contribution in [-0.4, -0.2) is 37.0 Å². The highest BCUT2D eigenvalue weighted by atomic mass is 79.9. The molecule has 1 unspecified atom stereocenters. The minimum absolute atomic E-state index is 0.123. The van der Waals surface area contributed by atoms with Crippen molar-refractivity contribution in [1.82, 2.24) is 10.2 Å². The fourth-order valence-electron chi connectivity index (χ4n) is 2.43. The second-order valence-electron chi connectivity index (χ2n) is 5.00. The summed E-state index contributed by atoms with van der Waals surface area (Å²) < 4.78 is 26.7. The molecule has 0 radical (unpaired) electrons. The highest BCUT2D eigenvalue weighted by molar-refractivity contribution is 9.10. The van der Waals surface area contributed by atoms with Crippen LogP contribution < -0.4 is 5.32 Å². The van der Waals surface area contributed by atoms with Gasteiger partial charge in [0.2, 0.25) is 0 Å². The topological polar surface area (TPSA) is 32.3 Å². The molecule has 6 heteroatoms. The van der Waals surface area contributed by atoms with E-state index in [0.29, 0.717) is 0 Å². The van der Waals surface area contributed by atoms with E-state index in [9.17, 15) is 13.6 Å². The number of rotatable bonds is 2. The molecule has 1 aromatic carbocycles. The Bertz CT molecular complexity index is 502. The molecule has 1 atom stereocenters. The molecule has 0 spiro atoms. The molecule has 1 aliphatic heterocycles. The van der Waals surface area contributed by atoms with Gasteiger partial charge in [-0.25, -0.2) is 8.78 Å². The summed E-state index contributed by atoms with van der Waals surface area (Å²) in [6.07, 6.45) is 2.78. The van der Waals surface area contributed by atoms with Crippen LogP contribution in [0, 0.1) is 11.6 Å². The summed E-state index contributed by atoms with van der Waals surface area (Å²) in [5.41, 5.74) is 0.156. The van der Waals surface area contributed by atoms with Crippen molar-refractivity contribution in [2.75, 3.05) is 20.1 Å². The fourth-order valence-corrected chi connectivity index (χ4v) is 2.92. The van der Waals surface area contributed by atoms with Crippen molar-refractivity contribution < 1.29 is 13.6 Å². The van der Waals surface area contributed by atoms with Gasteiger partial charge in [0.15, 0.2) is 11.6 Å². The maximum absolute atomic E-state index is 13.3. The van der Waals surface area contributed by atoms with E-state index in [0.717, 1.165) is 44.5 Å². The van der Waals surface area contributed by atoms with Gasteiger partial charge in [-0.05, 0) is 60.4 Å². The quantitative estimate of drug-likeness (QED) is 0.835. The Kier molecular flexibility index (Phi) is 5.10. The SMILES string of the molecule is CN(C(=O)c1cc(F)c(F)cc1Br)C1CCCNCC1. The first-order chi connectivity index (χ1) is 9.50. The van der Waals surface area contributed by atoms with Crippen LogP contribution in [0.4, 0.5) is 8.78 Å². The number of nitrogens with one attached hydrogen (secondary N) is 1. The molecule has 1 aromatic rings. The zero-order valence-electron chi connectivity index (χ0n) is 11.3. The molecule has 0 aromatic heterocycles. The van der Waals surface area contributed by atoms with E-state index < -0.39 is 11.6 Å². The van der Waals surface area contributed by atoms with E-state index in [1.807, 2.05) is 0 Å². The Balaban J connectivity index is 2.19. The van der Waals surface area contributed by atoms with E-state index in [1.54, 1.807) is 11.9 Å². The molecule has 0 aliphatic carbocycles. The monoisotopic (exact) mass is 346 g/mol. The third kappa shape index (κ3) is 3.35. The Hall–Kier alpha value is -1.01. The number of nitrogens with zero attached hydrogens (tertiary/aromatic N) is 1. The molecular weight excluding hydrogens is 330 g/mol. The summed E-state index contributed by atoms with van der Waals surface area (Å²) in [6, 6.07) is 2.07. The molecule has 1 fully saturated rings. The van der Waals surface area contributed by atoms with Gasteiger partial charge in [0.1, 0.15) is 0 Å². The number of carbonyl (C=O) groups excluding carboxylic acids is 1. The van der Waals surface area contributed by atoms with Gasteiger partial charge in [-0.15, -0.1) is 0 Å². The van der Waals surface area contributed by atoms with Gasteiger partial charge in [0, 0.05) is 17.6 Å². The van der Waals surface area contributed by atoms with E-state index in [-0.39, 0.29) is 22.0 Å². The molecule has 1 saturated heterocycles. The van der Waals surface area contributed by atoms with Crippen LogP contribution in [0.3, 0.4) is 0 Å². The lowest BCUT2D eigenvalue weighted by Crippen LogP contribution is -2.37. The fraction of sp³-hybridized carbons (Fsp3) is 0.500. The number of benzene rings is 1.